The van der Waals surface area contributed by atoms with Gasteiger partial charge in [-0.05, 0) is 30.2 Å². The quantitative estimate of drug-likeness (QED) is 0.0790. The average molecular weight is 682 g/mol. The fraction of sp³-hybridized carbons (Fsp3) is 0.679. The number of carbonyl (C=O) groups excluding carboxylic acids is 1. The second-order valence-corrected chi connectivity index (χ2v) is 11.8. The van der Waals surface area contributed by atoms with E-state index < -0.39 is 41.2 Å². The molecule has 0 fully saturated rings. The molecule has 262 valence electrons. The number of carbonyl (C=O) groups is 1. The highest BCUT2D eigenvalue weighted by molar-refractivity contribution is 7.89. The maximum atomic E-state index is 13.7. The van der Waals surface area contributed by atoms with Gasteiger partial charge in [-0.25, -0.2) is 22.7 Å². The number of hydrogen-bond donors (Lipinski definition) is 2. The number of sulfonamides is 1. The van der Waals surface area contributed by atoms with Gasteiger partial charge >= 0.3 is 0 Å². The normalized spacial score (nSPS) is 12.6. The van der Waals surface area contributed by atoms with Gasteiger partial charge < -0.3 is 28.4 Å². The van der Waals surface area contributed by atoms with Gasteiger partial charge in [0.15, 0.2) is 0 Å². The molecule has 0 bridgehead atoms. The third-order valence-corrected chi connectivity index (χ3v) is 8.09. The molecule has 1 amide bonds. The minimum atomic E-state index is -4.24. The largest absolute Gasteiger partial charge is 0.491 e. The maximum Gasteiger partial charge on any atom is 0.262 e. The number of nitrogens with one attached hydrogen (secondary N) is 1. The minimum Gasteiger partial charge on any atom is -0.491 e. The lowest BCUT2D eigenvalue weighted by atomic mass is 10.0. The summed E-state index contributed by atoms with van der Waals surface area (Å²) in [6.45, 7) is 4.96. The van der Waals surface area contributed by atoms with Crippen LogP contribution in [0.1, 0.15) is 19.5 Å². The first-order valence-electron chi connectivity index (χ1n) is 14.8. The lowest BCUT2D eigenvalue weighted by Gasteiger charge is -2.31. The lowest BCUT2D eigenvalue weighted by molar-refractivity contribution is -0.134. The summed E-state index contributed by atoms with van der Waals surface area (Å²) in [4.78, 5) is 12.5. The van der Waals surface area contributed by atoms with Crippen molar-refractivity contribution in [3.8, 4) is 5.75 Å². The number of halogens is 2. The van der Waals surface area contributed by atoms with Crippen molar-refractivity contribution in [3.05, 3.63) is 36.2 Å². The van der Waals surface area contributed by atoms with Crippen LogP contribution in [0.25, 0.3) is 0 Å². The van der Waals surface area contributed by atoms with Crippen LogP contribution < -0.4 is 10.2 Å². The summed E-state index contributed by atoms with van der Waals surface area (Å²) >= 11 is 0. The predicted molar refractivity (Wildman–Crippen MR) is 159 cm³/mol. The van der Waals surface area contributed by atoms with Crippen LogP contribution in [-0.2, 0) is 51.7 Å². The van der Waals surface area contributed by atoms with Crippen molar-refractivity contribution >= 4 is 15.9 Å². The third kappa shape index (κ3) is 14.3. The molecule has 18 heteroatoms. The van der Waals surface area contributed by atoms with Gasteiger partial charge in [-0.3, -0.25) is 14.7 Å². The Hall–Kier alpha value is -2.84. The van der Waals surface area contributed by atoms with Crippen molar-refractivity contribution in [2.24, 2.45) is 5.92 Å². The van der Waals surface area contributed by atoms with E-state index in [2.05, 4.69) is 10.3 Å². The van der Waals surface area contributed by atoms with Gasteiger partial charge in [0.2, 0.25) is 10.0 Å². The van der Waals surface area contributed by atoms with Gasteiger partial charge in [0.1, 0.15) is 37.4 Å². The molecular weight excluding hydrogens is 636 g/mol. The summed E-state index contributed by atoms with van der Waals surface area (Å²) in [7, 11) is -4.24. The van der Waals surface area contributed by atoms with Crippen LogP contribution in [0.3, 0.4) is 0 Å². The van der Waals surface area contributed by atoms with Crippen LogP contribution in [0.4, 0.5) is 8.78 Å². The van der Waals surface area contributed by atoms with E-state index in [1.165, 1.54) is 28.9 Å². The molecule has 2 aromatic rings. The number of amides is 1. The van der Waals surface area contributed by atoms with Crippen LogP contribution in [0.15, 0.2) is 35.4 Å². The van der Waals surface area contributed by atoms with Gasteiger partial charge in [0.05, 0.1) is 83.7 Å². The van der Waals surface area contributed by atoms with Crippen LogP contribution in [0, 0.1) is 5.92 Å². The molecule has 0 aliphatic heterocycles. The highest BCUT2D eigenvalue weighted by atomic mass is 32.2. The summed E-state index contributed by atoms with van der Waals surface area (Å²) in [5, 5.41) is 17.4. The molecule has 0 spiro atoms. The number of alkyl halides is 2. The molecule has 0 aliphatic rings. The predicted octanol–water partition coefficient (Wildman–Crippen LogP) is 1.40. The van der Waals surface area contributed by atoms with E-state index in [1.54, 1.807) is 25.5 Å². The zero-order valence-electron chi connectivity index (χ0n) is 26.2. The summed E-state index contributed by atoms with van der Waals surface area (Å²) in [5.74, 6) is -1.09. The van der Waals surface area contributed by atoms with Crippen LogP contribution in [0.5, 0.6) is 5.75 Å². The van der Waals surface area contributed by atoms with Crippen molar-refractivity contribution in [3.63, 3.8) is 0 Å². The second-order valence-electron chi connectivity index (χ2n) is 9.95. The standard InChI is InChI=1S/C28H45F2N5O10S/c1-23(2)27(28(36)32-37)35(46(38,39)26-5-3-25(4-6-26)45-12-8-30)10-9-34-21-24(31-33-34)22-44-20-19-43-18-17-42-16-15-41-14-13-40-11-7-29/h3-6,21,23,27,37H,7-20,22H2,1-2H3,(H,32,36)/t27-/m1/s1. The molecule has 1 heterocycles. The monoisotopic (exact) mass is 681 g/mol. The van der Waals surface area contributed by atoms with Gasteiger partial charge in [0, 0.05) is 6.54 Å². The Bertz CT molecular complexity index is 1210. The molecule has 0 unspecified atom stereocenters. The van der Waals surface area contributed by atoms with E-state index in [0.717, 1.165) is 4.31 Å². The molecular formula is C28H45F2N5O10S. The van der Waals surface area contributed by atoms with Gasteiger partial charge in [-0.1, -0.05) is 19.1 Å². The maximum absolute atomic E-state index is 13.7. The highest BCUT2D eigenvalue weighted by Crippen LogP contribution is 2.24. The van der Waals surface area contributed by atoms with E-state index >= 15 is 0 Å². The van der Waals surface area contributed by atoms with E-state index in [4.69, 9.17) is 28.4 Å². The molecule has 1 aromatic heterocycles. The van der Waals surface area contributed by atoms with Crippen LogP contribution in [-0.4, -0.2) is 131 Å². The Morgan fingerprint density at radius 1 is 0.891 bits per heavy atom. The van der Waals surface area contributed by atoms with Gasteiger partial charge in [0.25, 0.3) is 5.91 Å². The number of nitrogens with zero attached hydrogens (tertiary/aromatic N) is 4. The molecule has 0 aliphatic carbocycles. The molecule has 1 aromatic carbocycles. The Morgan fingerprint density at radius 3 is 1.96 bits per heavy atom. The molecule has 2 N–H and O–H groups in total. The minimum absolute atomic E-state index is 0.0485. The van der Waals surface area contributed by atoms with Crippen molar-refractivity contribution in [1.82, 2.24) is 24.8 Å². The molecule has 2 rings (SSSR count). The molecule has 1 atom stereocenters. The van der Waals surface area contributed by atoms with Crippen LogP contribution in [0.2, 0.25) is 0 Å². The Labute approximate surface area is 268 Å². The zero-order valence-corrected chi connectivity index (χ0v) is 27.0. The molecule has 0 radical (unpaired) electrons. The number of aromatic nitrogens is 3. The zero-order chi connectivity index (χ0) is 33.6. The molecule has 0 saturated carbocycles. The number of hydroxylamine groups is 1. The van der Waals surface area contributed by atoms with E-state index in [0.29, 0.717) is 64.3 Å². The van der Waals surface area contributed by atoms with Crippen molar-refractivity contribution in [2.75, 3.05) is 86.0 Å². The molecule has 0 saturated heterocycles. The van der Waals surface area contributed by atoms with Crippen molar-refractivity contribution in [1.29, 1.82) is 0 Å². The Morgan fingerprint density at radius 2 is 1.43 bits per heavy atom. The fourth-order valence-corrected chi connectivity index (χ4v) is 5.78. The number of benzene rings is 1. The first-order chi connectivity index (χ1) is 22.2. The average Bonchev–Trinajstić information content (AvgIpc) is 3.50. The number of hydrogen-bond acceptors (Lipinski definition) is 12. The Kier molecular flexibility index (Phi) is 19.4. The first kappa shape index (κ1) is 39.3. The first-order valence-corrected chi connectivity index (χ1v) is 16.3. The van der Waals surface area contributed by atoms with Crippen LogP contribution >= 0.6 is 0 Å². The topological polar surface area (TPSA) is 173 Å². The van der Waals surface area contributed by atoms with E-state index in [9.17, 15) is 27.2 Å². The van der Waals surface area contributed by atoms with Crippen molar-refractivity contribution < 1.29 is 55.6 Å². The summed E-state index contributed by atoms with van der Waals surface area (Å²) in [6.07, 6.45) is 1.60. The van der Waals surface area contributed by atoms with Crippen molar-refractivity contribution in [2.45, 2.75) is 37.9 Å². The Balaban J connectivity index is 1.81. The second kappa shape index (κ2) is 22.6. The number of ether oxygens (including phenoxy) is 6. The van der Waals surface area contributed by atoms with E-state index in [-0.39, 0.29) is 37.8 Å². The van der Waals surface area contributed by atoms with Gasteiger partial charge in [-0.2, -0.15) is 4.31 Å². The lowest BCUT2D eigenvalue weighted by Crippen LogP contribution is -2.52. The highest BCUT2D eigenvalue weighted by Gasteiger charge is 2.37. The molecule has 46 heavy (non-hydrogen) atoms. The van der Waals surface area contributed by atoms with E-state index in [1.807, 2.05) is 0 Å². The number of rotatable bonds is 27. The summed E-state index contributed by atoms with van der Waals surface area (Å²) < 4.78 is 85.9. The molecule has 15 nitrogen and oxygen atoms in total. The third-order valence-electron chi connectivity index (χ3n) is 6.19. The smallest absolute Gasteiger partial charge is 0.262 e. The fourth-order valence-electron chi connectivity index (χ4n) is 4.07. The van der Waals surface area contributed by atoms with Gasteiger partial charge in [-0.15, -0.1) is 5.10 Å². The summed E-state index contributed by atoms with van der Waals surface area (Å²) in [6, 6.07) is 4.17. The SMILES string of the molecule is CC(C)[C@H](C(=O)NO)N(CCn1cc(COCCOCCOCCOCCOCCF)nn1)S(=O)(=O)c1ccc(OCCF)cc1. The summed E-state index contributed by atoms with van der Waals surface area (Å²) in [5.41, 5.74) is 2.06.